The Labute approximate surface area is 356 Å². The summed E-state index contributed by atoms with van der Waals surface area (Å²) in [5.74, 6) is 0.663. The zero-order valence-corrected chi connectivity index (χ0v) is 34.8. The highest BCUT2D eigenvalue weighted by Crippen LogP contribution is 2.63. The van der Waals surface area contributed by atoms with Crippen molar-refractivity contribution in [1.29, 1.82) is 5.26 Å². The summed E-state index contributed by atoms with van der Waals surface area (Å²) in [5, 5.41) is 40.7. The molecule has 15 heteroatoms. The number of rotatable bonds is 5. The van der Waals surface area contributed by atoms with Crippen LogP contribution in [0.5, 0.6) is 40.2 Å². The van der Waals surface area contributed by atoms with Crippen molar-refractivity contribution in [2.45, 2.75) is 67.7 Å². The molecule has 0 aliphatic carbocycles. The molecule has 2 saturated heterocycles. The van der Waals surface area contributed by atoms with Crippen LogP contribution in [0, 0.1) is 25.2 Å². The Kier molecular flexibility index (Phi) is 9.59. The number of hydrogen-bond acceptors (Lipinski definition) is 15. The lowest BCUT2D eigenvalue weighted by Gasteiger charge is -2.59. The Hall–Kier alpha value is -5.92. The maximum atomic E-state index is 14.9. The summed E-state index contributed by atoms with van der Waals surface area (Å²) >= 11 is 1.46. The van der Waals surface area contributed by atoms with Crippen LogP contribution in [0.2, 0.25) is 0 Å². The van der Waals surface area contributed by atoms with E-state index in [4.69, 9.17) is 28.4 Å². The summed E-state index contributed by atoms with van der Waals surface area (Å²) in [5.41, 5.74) is 4.97. The molecule has 14 nitrogen and oxygen atoms in total. The smallest absolute Gasteiger partial charge is 0.336 e. The first-order valence-electron chi connectivity index (χ1n) is 20.3. The van der Waals surface area contributed by atoms with Gasteiger partial charge in [-0.15, -0.1) is 11.8 Å². The number of aromatic hydroxyl groups is 2. The number of phenolic OH excluding ortho intramolecular Hbond substituents is 2. The topological polar surface area (TPSA) is 181 Å². The number of hydrogen-bond donors (Lipinski definition) is 4. The molecule has 61 heavy (non-hydrogen) atoms. The Morgan fingerprint density at radius 1 is 1.02 bits per heavy atom. The van der Waals surface area contributed by atoms with Gasteiger partial charge < -0.3 is 44.0 Å². The van der Waals surface area contributed by atoms with Gasteiger partial charge in [-0.05, 0) is 72.7 Å². The van der Waals surface area contributed by atoms with Crippen LogP contribution < -0.4 is 34.3 Å². The van der Waals surface area contributed by atoms with E-state index in [0.29, 0.717) is 64.5 Å². The molecule has 1 spiro atoms. The fourth-order valence-corrected chi connectivity index (χ4v) is 12.2. The molecule has 7 aliphatic heterocycles. The van der Waals surface area contributed by atoms with Crippen molar-refractivity contribution in [1.82, 2.24) is 15.5 Å². The minimum Gasteiger partial charge on any atom is -0.504 e. The normalized spacial score (nSPS) is 27.0. The number of benzene rings is 4. The van der Waals surface area contributed by atoms with Gasteiger partial charge in [-0.1, -0.05) is 36.4 Å². The van der Waals surface area contributed by atoms with E-state index in [9.17, 15) is 25.1 Å². The standard InChI is InChI=1S/C46H44N4O10S/c1-22-14-26-15-28-29(18-47)50-30-19-57-45(54)46(27-17-32(55-3)31(51)16-25(27)12-13-48-46)20-61-44(38(50)37(49-28)34(26)39(53)40(22)56-4)36-35(30)43-42(58-21-59-43)23(2)41(36)60-33(52)11-10-24-8-6-5-7-9-24/h5-11,14,16-17,28-30,37-38,44,48-49,51,53H,12-13,15,19-21H2,1-4H3/t28-,29-,30-,37+,38?,44+,46+/m0/s1. The summed E-state index contributed by atoms with van der Waals surface area (Å²) in [7, 11) is 2.99. The predicted octanol–water partition coefficient (Wildman–Crippen LogP) is 5.34. The van der Waals surface area contributed by atoms with Crippen LogP contribution in [0.25, 0.3) is 6.08 Å². The van der Waals surface area contributed by atoms with E-state index in [-0.39, 0.29) is 48.2 Å². The molecule has 11 rings (SSSR count). The van der Waals surface area contributed by atoms with Gasteiger partial charge in [0.15, 0.2) is 40.0 Å². The van der Waals surface area contributed by atoms with Crippen molar-refractivity contribution < 1.29 is 48.2 Å². The Balaban J connectivity index is 1.21. The molecule has 1 unspecified atom stereocenters. The van der Waals surface area contributed by atoms with Gasteiger partial charge in [0.25, 0.3) is 0 Å². The highest BCUT2D eigenvalue weighted by atomic mass is 32.2. The van der Waals surface area contributed by atoms with Gasteiger partial charge in [-0.25, -0.2) is 9.59 Å². The number of nitrogens with zero attached hydrogens (tertiary/aromatic N) is 2. The number of fused-ring (bicyclic) bond motifs is 9. The molecule has 0 amide bonds. The molecule has 4 aromatic carbocycles. The van der Waals surface area contributed by atoms with Crippen molar-refractivity contribution >= 4 is 29.8 Å². The number of methoxy groups -OCH3 is 2. The maximum absolute atomic E-state index is 14.9. The SMILES string of the molecule is COc1cc2c(cc1O)CCN[C@]21CS[C@@H]2c3c(OC(=O)C=Cc4ccccc4)c(C)c4c(c3[C@H](COC1=O)N1C2[C@@H]2N[C@@H](Cc3cc(C)c(OC)c(O)c32)[C@@H]1C#N)OCO4. The number of aryl methyl sites for hydroxylation is 1. The third-order valence-corrected chi connectivity index (χ3v) is 14.6. The van der Waals surface area contributed by atoms with E-state index in [2.05, 4.69) is 21.6 Å². The zero-order valence-electron chi connectivity index (χ0n) is 33.9. The van der Waals surface area contributed by atoms with E-state index in [1.54, 1.807) is 18.2 Å². The van der Waals surface area contributed by atoms with Crippen LogP contribution in [-0.2, 0) is 32.7 Å². The van der Waals surface area contributed by atoms with Crippen molar-refractivity contribution in [2.75, 3.05) is 39.9 Å². The summed E-state index contributed by atoms with van der Waals surface area (Å²) in [6.07, 6.45) is 4.07. The third kappa shape index (κ3) is 5.94. The number of thioether (sulfide) groups is 1. The fourth-order valence-electron chi connectivity index (χ4n) is 10.5. The van der Waals surface area contributed by atoms with Crippen LogP contribution in [0.15, 0.2) is 54.6 Å². The molecule has 314 valence electrons. The number of carbonyl (C=O) groups is 2. The Morgan fingerprint density at radius 3 is 2.59 bits per heavy atom. The number of carbonyl (C=O) groups excluding carboxylic acids is 2. The van der Waals surface area contributed by atoms with E-state index < -0.39 is 46.9 Å². The van der Waals surface area contributed by atoms with Gasteiger partial charge in [-0.2, -0.15) is 5.26 Å². The zero-order chi connectivity index (χ0) is 42.3. The second-order valence-electron chi connectivity index (χ2n) is 16.2. The van der Waals surface area contributed by atoms with Crippen LogP contribution in [0.4, 0.5) is 0 Å². The highest BCUT2D eigenvalue weighted by Gasteiger charge is 2.60. The second kappa shape index (κ2) is 14.9. The van der Waals surface area contributed by atoms with Gasteiger partial charge in [-0.3, -0.25) is 10.2 Å². The molecule has 4 bridgehead atoms. The Bertz CT molecular complexity index is 2580. The number of phenols is 2. The number of piperazine rings is 1. The van der Waals surface area contributed by atoms with Gasteiger partial charge in [0.05, 0.1) is 37.6 Å². The lowest BCUT2D eigenvalue weighted by molar-refractivity contribution is -0.155. The molecule has 0 radical (unpaired) electrons. The maximum Gasteiger partial charge on any atom is 0.336 e. The molecule has 4 aromatic rings. The van der Waals surface area contributed by atoms with E-state index >= 15 is 0 Å². The van der Waals surface area contributed by atoms with Gasteiger partial charge in [0, 0.05) is 52.7 Å². The molecular weight excluding hydrogens is 801 g/mol. The van der Waals surface area contributed by atoms with Crippen molar-refractivity contribution in [3.05, 3.63) is 105 Å². The number of nitrogens with one attached hydrogen (secondary N) is 2. The minimum atomic E-state index is -1.39. The number of esters is 2. The summed E-state index contributed by atoms with van der Waals surface area (Å²) in [6.45, 7) is 3.84. The molecule has 7 atom stereocenters. The van der Waals surface area contributed by atoms with Crippen molar-refractivity contribution in [3.8, 4) is 46.3 Å². The summed E-state index contributed by atoms with van der Waals surface area (Å²) in [6, 6.07) is 14.3. The van der Waals surface area contributed by atoms with E-state index in [0.717, 1.165) is 22.3 Å². The molecule has 2 fully saturated rings. The van der Waals surface area contributed by atoms with Gasteiger partial charge in [0.2, 0.25) is 6.79 Å². The Morgan fingerprint density at radius 2 is 1.82 bits per heavy atom. The molecule has 4 N–H and O–H groups in total. The third-order valence-electron chi connectivity index (χ3n) is 13.1. The van der Waals surface area contributed by atoms with Crippen LogP contribution >= 0.6 is 11.8 Å². The molecule has 0 aromatic heterocycles. The van der Waals surface area contributed by atoms with Crippen LogP contribution in [-0.4, -0.2) is 85.1 Å². The first-order chi connectivity index (χ1) is 29.6. The first kappa shape index (κ1) is 39.2. The average molecular weight is 845 g/mol. The molecular formula is C46H44N4O10S. The predicted molar refractivity (Wildman–Crippen MR) is 223 cm³/mol. The lowest BCUT2D eigenvalue weighted by atomic mass is 9.72. The minimum absolute atomic E-state index is 0.0132. The van der Waals surface area contributed by atoms with Crippen molar-refractivity contribution in [3.63, 3.8) is 0 Å². The number of ether oxygens (including phenoxy) is 6. The van der Waals surface area contributed by atoms with E-state index in [1.165, 1.54) is 32.1 Å². The van der Waals surface area contributed by atoms with Crippen molar-refractivity contribution in [2.24, 2.45) is 0 Å². The summed E-state index contributed by atoms with van der Waals surface area (Å²) in [4.78, 5) is 31.0. The molecule has 0 saturated carbocycles. The van der Waals surface area contributed by atoms with Gasteiger partial charge >= 0.3 is 11.9 Å². The first-order valence-corrected chi connectivity index (χ1v) is 21.3. The average Bonchev–Trinajstić information content (AvgIpc) is 3.76. The quantitative estimate of drug-likeness (QED) is 0.115. The lowest BCUT2D eigenvalue weighted by Crippen LogP contribution is -2.69. The molecule has 7 heterocycles. The second-order valence-corrected chi connectivity index (χ2v) is 17.4. The van der Waals surface area contributed by atoms with Crippen LogP contribution in [0.1, 0.15) is 67.4 Å². The largest absolute Gasteiger partial charge is 0.504 e. The molecule has 7 aliphatic rings. The summed E-state index contributed by atoms with van der Waals surface area (Å²) < 4.78 is 36.6. The van der Waals surface area contributed by atoms with Gasteiger partial charge in [0.1, 0.15) is 18.4 Å². The monoisotopic (exact) mass is 844 g/mol. The van der Waals surface area contributed by atoms with E-state index in [1.807, 2.05) is 50.2 Å². The number of nitriles is 1. The fraction of sp³-hybridized carbons (Fsp3) is 0.370. The van der Waals surface area contributed by atoms with Crippen LogP contribution in [0.3, 0.4) is 0 Å². The highest BCUT2D eigenvalue weighted by molar-refractivity contribution is 7.99.